The second-order valence-corrected chi connectivity index (χ2v) is 8.84. The SMILES string of the molecule is O=C(CSc1nnc(-c2ccccc2F)n1-c1ccccc1)N1CCCC1c1ccccc1. The highest BCUT2D eigenvalue weighted by Crippen LogP contribution is 2.34. The monoisotopic (exact) mass is 458 g/mol. The molecule has 166 valence electrons. The second-order valence-electron chi connectivity index (χ2n) is 7.90. The summed E-state index contributed by atoms with van der Waals surface area (Å²) in [6.45, 7) is 0.755. The van der Waals surface area contributed by atoms with E-state index in [-0.39, 0.29) is 23.5 Å². The first-order valence-corrected chi connectivity index (χ1v) is 11.9. The molecule has 1 aliphatic heterocycles. The van der Waals surface area contributed by atoms with Crippen molar-refractivity contribution in [1.29, 1.82) is 0 Å². The highest BCUT2D eigenvalue weighted by Gasteiger charge is 2.30. The fourth-order valence-corrected chi connectivity index (χ4v) is 5.12. The number of likely N-dealkylation sites (tertiary alicyclic amines) is 1. The fourth-order valence-electron chi connectivity index (χ4n) is 4.29. The molecule has 0 radical (unpaired) electrons. The minimum atomic E-state index is -0.363. The quantitative estimate of drug-likeness (QED) is 0.357. The Labute approximate surface area is 196 Å². The Morgan fingerprint density at radius 3 is 2.39 bits per heavy atom. The van der Waals surface area contributed by atoms with Gasteiger partial charge in [0.25, 0.3) is 0 Å². The number of para-hydroxylation sites is 1. The third kappa shape index (κ3) is 4.41. The lowest BCUT2D eigenvalue weighted by atomic mass is 10.0. The summed E-state index contributed by atoms with van der Waals surface area (Å²) in [6.07, 6.45) is 1.96. The number of aromatic nitrogens is 3. The van der Waals surface area contributed by atoms with Gasteiger partial charge in [-0.25, -0.2) is 4.39 Å². The number of carbonyl (C=O) groups is 1. The number of hydrogen-bond acceptors (Lipinski definition) is 4. The Morgan fingerprint density at radius 2 is 1.64 bits per heavy atom. The minimum absolute atomic E-state index is 0.0707. The van der Waals surface area contributed by atoms with E-state index in [1.165, 1.54) is 23.4 Å². The molecule has 0 saturated carbocycles. The second kappa shape index (κ2) is 9.58. The van der Waals surface area contributed by atoms with E-state index in [4.69, 9.17) is 0 Å². The summed E-state index contributed by atoms with van der Waals surface area (Å²) in [5.74, 6) is 0.363. The number of rotatable bonds is 6. The van der Waals surface area contributed by atoms with Crippen molar-refractivity contribution in [3.05, 3.63) is 96.3 Å². The van der Waals surface area contributed by atoms with Crippen molar-refractivity contribution < 1.29 is 9.18 Å². The summed E-state index contributed by atoms with van der Waals surface area (Å²) < 4.78 is 16.4. The molecule has 1 aliphatic rings. The molecule has 0 aliphatic carbocycles. The zero-order chi connectivity index (χ0) is 22.6. The summed E-state index contributed by atoms with van der Waals surface area (Å²) in [6, 6.07) is 26.4. The van der Waals surface area contributed by atoms with Crippen molar-refractivity contribution >= 4 is 17.7 Å². The molecule has 1 amide bonds. The summed E-state index contributed by atoms with van der Waals surface area (Å²) in [4.78, 5) is 15.1. The number of benzene rings is 3. The van der Waals surface area contributed by atoms with E-state index in [1.54, 1.807) is 18.2 Å². The standard InChI is InChI=1S/C26H23FN4OS/c27-22-15-8-7-14-21(22)25-28-29-26(31(25)20-12-5-2-6-13-20)33-18-24(32)30-17-9-16-23(30)19-10-3-1-4-11-19/h1-8,10-15,23H,9,16-18H2. The first-order valence-electron chi connectivity index (χ1n) is 11.0. The van der Waals surface area contributed by atoms with Crippen LogP contribution in [-0.2, 0) is 4.79 Å². The van der Waals surface area contributed by atoms with Crippen LogP contribution in [0.2, 0.25) is 0 Å². The molecule has 1 fully saturated rings. The van der Waals surface area contributed by atoms with Gasteiger partial charge in [0, 0.05) is 12.2 Å². The van der Waals surface area contributed by atoms with E-state index in [9.17, 15) is 9.18 Å². The van der Waals surface area contributed by atoms with Crippen molar-refractivity contribution in [1.82, 2.24) is 19.7 Å². The Kier molecular flexibility index (Phi) is 6.21. The Morgan fingerprint density at radius 1 is 0.939 bits per heavy atom. The third-order valence-corrected chi connectivity index (χ3v) is 6.76. The van der Waals surface area contributed by atoms with Crippen LogP contribution in [0, 0.1) is 5.82 Å². The number of amides is 1. The normalized spacial score (nSPS) is 15.7. The molecule has 0 N–H and O–H groups in total. The highest BCUT2D eigenvalue weighted by atomic mass is 32.2. The van der Waals surface area contributed by atoms with Gasteiger partial charge in [0.2, 0.25) is 5.91 Å². The molecular weight excluding hydrogens is 435 g/mol. The van der Waals surface area contributed by atoms with Gasteiger partial charge in [0.1, 0.15) is 5.82 Å². The lowest BCUT2D eigenvalue weighted by Crippen LogP contribution is -2.32. The molecule has 3 aromatic carbocycles. The molecule has 1 unspecified atom stereocenters. The summed E-state index contributed by atoms with van der Waals surface area (Å²) in [5, 5.41) is 9.17. The number of nitrogens with zero attached hydrogens (tertiary/aromatic N) is 4. The van der Waals surface area contributed by atoms with Gasteiger partial charge in [-0.05, 0) is 42.7 Å². The predicted molar refractivity (Wildman–Crippen MR) is 128 cm³/mol. The smallest absolute Gasteiger partial charge is 0.233 e. The largest absolute Gasteiger partial charge is 0.335 e. The van der Waals surface area contributed by atoms with E-state index in [1.807, 2.05) is 58.0 Å². The molecule has 7 heteroatoms. The van der Waals surface area contributed by atoms with Crippen LogP contribution in [0.4, 0.5) is 4.39 Å². The molecule has 0 spiro atoms. The molecule has 1 aromatic heterocycles. The van der Waals surface area contributed by atoms with Crippen LogP contribution in [-0.4, -0.2) is 37.9 Å². The first-order chi connectivity index (χ1) is 16.2. The summed E-state index contributed by atoms with van der Waals surface area (Å²) in [5.41, 5.74) is 2.36. The lowest BCUT2D eigenvalue weighted by Gasteiger charge is -2.25. The Bertz CT molecular complexity index is 1250. The van der Waals surface area contributed by atoms with Crippen LogP contribution in [0.1, 0.15) is 24.4 Å². The van der Waals surface area contributed by atoms with Gasteiger partial charge in [-0.1, -0.05) is 72.4 Å². The van der Waals surface area contributed by atoms with Crippen molar-refractivity contribution in [2.45, 2.75) is 24.0 Å². The maximum Gasteiger partial charge on any atom is 0.233 e. The van der Waals surface area contributed by atoms with Crippen molar-refractivity contribution in [3.63, 3.8) is 0 Å². The third-order valence-electron chi connectivity index (χ3n) is 5.84. The van der Waals surface area contributed by atoms with Crippen LogP contribution in [0.15, 0.2) is 90.1 Å². The van der Waals surface area contributed by atoms with Crippen LogP contribution < -0.4 is 0 Å². The van der Waals surface area contributed by atoms with E-state index in [0.29, 0.717) is 16.5 Å². The number of hydrogen-bond donors (Lipinski definition) is 0. The number of halogens is 1. The molecule has 1 saturated heterocycles. The molecule has 1 atom stereocenters. The summed E-state index contributed by atoms with van der Waals surface area (Å²) >= 11 is 1.33. The Hall–Kier alpha value is -3.45. The predicted octanol–water partition coefficient (Wildman–Crippen LogP) is 5.53. The van der Waals surface area contributed by atoms with Crippen molar-refractivity contribution in [3.8, 4) is 17.1 Å². The van der Waals surface area contributed by atoms with E-state index < -0.39 is 0 Å². The first kappa shape index (κ1) is 21.4. The van der Waals surface area contributed by atoms with Gasteiger partial charge < -0.3 is 4.90 Å². The van der Waals surface area contributed by atoms with E-state index >= 15 is 0 Å². The van der Waals surface area contributed by atoms with Gasteiger partial charge >= 0.3 is 0 Å². The average molecular weight is 459 g/mol. The van der Waals surface area contributed by atoms with Crippen LogP contribution in [0.3, 0.4) is 0 Å². The molecule has 4 aromatic rings. The molecule has 2 heterocycles. The molecule has 5 nitrogen and oxygen atoms in total. The van der Waals surface area contributed by atoms with Crippen LogP contribution >= 0.6 is 11.8 Å². The van der Waals surface area contributed by atoms with Gasteiger partial charge in [0.05, 0.1) is 17.4 Å². The van der Waals surface area contributed by atoms with Crippen molar-refractivity contribution in [2.24, 2.45) is 0 Å². The fraction of sp³-hybridized carbons (Fsp3) is 0.192. The maximum atomic E-state index is 14.6. The molecule has 0 bridgehead atoms. The lowest BCUT2D eigenvalue weighted by molar-refractivity contribution is -0.129. The van der Waals surface area contributed by atoms with Gasteiger partial charge in [-0.15, -0.1) is 10.2 Å². The van der Waals surface area contributed by atoms with Gasteiger partial charge in [-0.3, -0.25) is 9.36 Å². The zero-order valence-electron chi connectivity index (χ0n) is 18.0. The topological polar surface area (TPSA) is 51.0 Å². The van der Waals surface area contributed by atoms with Crippen molar-refractivity contribution in [2.75, 3.05) is 12.3 Å². The highest BCUT2D eigenvalue weighted by molar-refractivity contribution is 7.99. The number of carbonyl (C=O) groups excluding carboxylic acids is 1. The van der Waals surface area contributed by atoms with Crippen LogP contribution in [0.25, 0.3) is 17.1 Å². The maximum absolute atomic E-state index is 14.6. The summed E-state index contributed by atoms with van der Waals surface area (Å²) in [7, 11) is 0. The molecule has 33 heavy (non-hydrogen) atoms. The molecule has 5 rings (SSSR count). The van der Waals surface area contributed by atoms with Crippen LogP contribution in [0.5, 0.6) is 0 Å². The molecular formula is C26H23FN4OS. The van der Waals surface area contributed by atoms with Gasteiger partial charge in [-0.2, -0.15) is 0 Å². The van der Waals surface area contributed by atoms with Gasteiger partial charge in [0.15, 0.2) is 11.0 Å². The Balaban J connectivity index is 1.41. The number of thioether (sulfide) groups is 1. The zero-order valence-corrected chi connectivity index (χ0v) is 18.8. The van der Waals surface area contributed by atoms with E-state index in [0.717, 1.165) is 25.1 Å². The van der Waals surface area contributed by atoms with E-state index in [2.05, 4.69) is 22.3 Å². The minimum Gasteiger partial charge on any atom is -0.335 e. The average Bonchev–Trinajstić information content (AvgIpc) is 3.52.